The molecule has 2 amide bonds. The molecule has 0 saturated heterocycles. The van der Waals surface area contributed by atoms with Crippen molar-refractivity contribution in [1.29, 1.82) is 0 Å². The van der Waals surface area contributed by atoms with Crippen molar-refractivity contribution in [2.45, 2.75) is 39.3 Å². The molecule has 0 spiro atoms. The Kier molecular flexibility index (Phi) is 8.51. The molecule has 0 aliphatic rings. The molecule has 0 saturated carbocycles. The Balaban J connectivity index is 1.75. The smallest absolute Gasteiger partial charge is 0.261 e. The van der Waals surface area contributed by atoms with Gasteiger partial charge < -0.3 is 15.0 Å². The van der Waals surface area contributed by atoms with E-state index in [9.17, 15) is 9.59 Å². The van der Waals surface area contributed by atoms with Crippen LogP contribution in [0, 0.1) is 0 Å². The van der Waals surface area contributed by atoms with E-state index in [0.717, 1.165) is 29.2 Å². The minimum absolute atomic E-state index is 0.159. The van der Waals surface area contributed by atoms with E-state index >= 15 is 0 Å². The summed E-state index contributed by atoms with van der Waals surface area (Å²) in [5, 5.41) is 5.52. The fourth-order valence-electron chi connectivity index (χ4n) is 3.45. The van der Waals surface area contributed by atoms with E-state index < -0.39 is 6.04 Å². The van der Waals surface area contributed by atoms with Crippen LogP contribution in [-0.2, 0) is 16.1 Å². The number of ether oxygens (including phenoxy) is 1. The van der Waals surface area contributed by atoms with Gasteiger partial charge in [-0.15, -0.1) is 0 Å². The summed E-state index contributed by atoms with van der Waals surface area (Å²) < 4.78 is 5.90. The van der Waals surface area contributed by atoms with Crippen molar-refractivity contribution in [2.75, 3.05) is 13.2 Å². The largest absolute Gasteiger partial charge is 0.483 e. The van der Waals surface area contributed by atoms with Gasteiger partial charge in [0.15, 0.2) is 6.61 Å². The van der Waals surface area contributed by atoms with E-state index in [1.165, 1.54) is 0 Å². The molecule has 1 atom stereocenters. The van der Waals surface area contributed by atoms with Crippen LogP contribution in [0.1, 0.15) is 32.3 Å². The molecular formula is C26H29ClN2O3. The third kappa shape index (κ3) is 6.24. The Hall–Kier alpha value is -3.05. The Bertz CT molecular complexity index is 1050. The lowest BCUT2D eigenvalue weighted by atomic mass is 10.1. The monoisotopic (exact) mass is 452 g/mol. The minimum Gasteiger partial charge on any atom is -0.483 e. The summed E-state index contributed by atoms with van der Waals surface area (Å²) in [4.78, 5) is 27.4. The molecular weight excluding hydrogens is 424 g/mol. The van der Waals surface area contributed by atoms with Gasteiger partial charge in [0.2, 0.25) is 5.91 Å². The maximum Gasteiger partial charge on any atom is 0.261 e. The molecule has 0 radical (unpaired) electrons. The van der Waals surface area contributed by atoms with Crippen LogP contribution < -0.4 is 10.1 Å². The van der Waals surface area contributed by atoms with Crippen LogP contribution in [0.2, 0.25) is 5.02 Å². The Morgan fingerprint density at radius 3 is 2.50 bits per heavy atom. The first-order chi connectivity index (χ1) is 15.5. The molecule has 3 rings (SSSR count). The van der Waals surface area contributed by atoms with Crippen molar-refractivity contribution in [3.63, 3.8) is 0 Å². The van der Waals surface area contributed by atoms with E-state index in [2.05, 4.69) is 12.2 Å². The highest BCUT2D eigenvalue weighted by Gasteiger charge is 2.26. The van der Waals surface area contributed by atoms with Crippen LogP contribution in [0.4, 0.5) is 0 Å². The molecule has 0 bridgehead atoms. The van der Waals surface area contributed by atoms with Crippen LogP contribution in [0.15, 0.2) is 66.7 Å². The first-order valence-electron chi connectivity index (χ1n) is 10.9. The van der Waals surface area contributed by atoms with E-state index in [-0.39, 0.29) is 25.0 Å². The third-order valence-corrected chi connectivity index (χ3v) is 5.62. The third-order valence-electron chi connectivity index (χ3n) is 5.36. The number of rotatable bonds is 10. The molecule has 0 aromatic heterocycles. The highest BCUT2D eigenvalue weighted by Crippen LogP contribution is 2.25. The van der Waals surface area contributed by atoms with Gasteiger partial charge in [0.25, 0.3) is 5.91 Å². The summed E-state index contributed by atoms with van der Waals surface area (Å²) in [6.45, 7) is 4.53. The molecule has 0 heterocycles. The van der Waals surface area contributed by atoms with Gasteiger partial charge >= 0.3 is 0 Å². The second-order valence-corrected chi connectivity index (χ2v) is 8.17. The minimum atomic E-state index is -0.633. The van der Waals surface area contributed by atoms with Gasteiger partial charge in [0.1, 0.15) is 11.8 Å². The zero-order chi connectivity index (χ0) is 22.9. The van der Waals surface area contributed by atoms with Crippen molar-refractivity contribution in [3.05, 3.63) is 77.3 Å². The van der Waals surface area contributed by atoms with Crippen LogP contribution in [-0.4, -0.2) is 35.9 Å². The van der Waals surface area contributed by atoms with Gasteiger partial charge in [-0.25, -0.2) is 0 Å². The number of halogens is 1. The van der Waals surface area contributed by atoms with Gasteiger partial charge in [-0.2, -0.15) is 0 Å². The predicted molar refractivity (Wildman–Crippen MR) is 129 cm³/mol. The van der Waals surface area contributed by atoms with E-state index in [1.807, 2.05) is 54.6 Å². The number of carbonyl (C=O) groups is 2. The van der Waals surface area contributed by atoms with Gasteiger partial charge in [-0.05, 0) is 42.5 Å². The lowest BCUT2D eigenvalue weighted by molar-refractivity contribution is -0.142. The number of hydrogen-bond acceptors (Lipinski definition) is 3. The molecule has 32 heavy (non-hydrogen) atoms. The fourth-order valence-corrected chi connectivity index (χ4v) is 3.58. The number of carbonyl (C=O) groups excluding carboxylic acids is 2. The Labute approximate surface area is 194 Å². The zero-order valence-electron chi connectivity index (χ0n) is 18.5. The lowest BCUT2D eigenvalue weighted by Crippen LogP contribution is -2.49. The van der Waals surface area contributed by atoms with Gasteiger partial charge in [-0.3, -0.25) is 9.59 Å². The highest BCUT2D eigenvalue weighted by molar-refractivity contribution is 6.30. The van der Waals surface area contributed by atoms with E-state index in [1.54, 1.807) is 24.0 Å². The van der Waals surface area contributed by atoms with Gasteiger partial charge in [0.05, 0.1) is 0 Å². The van der Waals surface area contributed by atoms with E-state index in [0.29, 0.717) is 17.3 Å². The van der Waals surface area contributed by atoms with Gasteiger partial charge in [0, 0.05) is 23.5 Å². The SMILES string of the molecule is CCCCNC(=O)[C@@H](C)N(Cc1ccc(Cl)cc1)C(=O)COc1cccc2ccccc12. The molecule has 5 nitrogen and oxygen atoms in total. The lowest BCUT2D eigenvalue weighted by Gasteiger charge is -2.29. The molecule has 1 N–H and O–H groups in total. The average Bonchev–Trinajstić information content (AvgIpc) is 2.81. The molecule has 3 aromatic carbocycles. The molecule has 6 heteroatoms. The van der Waals surface area contributed by atoms with E-state index in [4.69, 9.17) is 16.3 Å². The van der Waals surface area contributed by atoms with Crippen molar-refractivity contribution in [1.82, 2.24) is 10.2 Å². The first-order valence-corrected chi connectivity index (χ1v) is 11.3. The molecule has 0 aliphatic heterocycles. The molecule has 3 aromatic rings. The van der Waals surface area contributed by atoms with Crippen molar-refractivity contribution < 1.29 is 14.3 Å². The average molecular weight is 453 g/mol. The highest BCUT2D eigenvalue weighted by atomic mass is 35.5. The predicted octanol–water partition coefficient (Wildman–Crippen LogP) is 5.21. The summed E-state index contributed by atoms with van der Waals surface area (Å²) in [6.07, 6.45) is 1.88. The van der Waals surface area contributed by atoms with Crippen LogP contribution in [0.25, 0.3) is 10.8 Å². The normalized spacial score (nSPS) is 11.7. The summed E-state index contributed by atoms with van der Waals surface area (Å²) in [6, 6.07) is 20.2. The first kappa shape index (κ1) is 23.6. The van der Waals surface area contributed by atoms with Crippen molar-refractivity contribution in [2.24, 2.45) is 0 Å². The summed E-state index contributed by atoms with van der Waals surface area (Å²) >= 11 is 6.00. The summed E-state index contributed by atoms with van der Waals surface area (Å²) in [5.41, 5.74) is 0.890. The van der Waals surface area contributed by atoms with Crippen molar-refractivity contribution in [3.8, 4) is 5.75 Å². The topological polar surface area (TPSA) is 58.6 Å². The number of fused-ring (bicyclic) bond motifs is 1. The fraction of sp³-hybridized carbons (Fsp3) is 0.308. The second-order valence-electron chi connectivity index (χ2n) is 7.73. The summed E-state index contributed by atoms with van der Waals surface area (Å²) in [7, 11) is 0. The van der Waals surface area contributed by atoms with Crippen molar-refractivity contribution >= 4 is 34.2 Å². The molecule has 0 aliphatic carbocycles. The number of unbranched alkanes of at least 4 members (excludes halogenated alkanes) is 1. The van der Waals surface area contributed by atoms with Crippen LogP contribution in [0.5, 0.6) is 5.75 Å². The van der Waals surface area contributed by atoms with Crippen LogP contribution >= 0.6 is 11.6 Å². The number of nitrogens with zero attached hydrogens (tertiary/aromatic N) is 1. The maximum absolute atomic E-state index is 13.2. The standard InChI is InChI=1S/C26H29ClN2O3/c1-3-4-16-28-26(31)19(2)29(17-20-12-14-22(27)15-13-20)25(30)18-32-24-11-7-9-21-8-5-6-10-23(21)24/h5-15,19H,3-4,16-18H2,1-2H3,(H,28,31)/t19-/m1/s1. The Morgan fingerprint density at radius 1 is 1.03 bits per heavy atom. The zero-order valence-corrected chi connectivity index (χ0v) is 19.3. The molecule has 0 unspecified atom stereocenters. The second kappa shape index (κ2) is 11.5. The quantitative estimate of drug-likeness (QED) is 0.430. The number of benzene rings is 3. The molecule has 168 valence electrons. The number of amides is 2. The summed E-state index contributed by atoms with van der Waals surface area (Å²) in [5.74, 6) is 0.208. The van der Waals surface area contributed by atoms with Crippen LogP contribution in [0.3, 0.4) is 0 Å². The Morgan fingerprint density at radius 2 is 1.75 bits per heavy atom. The number of hydrogen-bond donors (Lipinski definition) is 1. The maximum atomic E-state index is 13.2. The molecule has 0 fully saturated rings. The van der Waals surface area contributed by atoms with Gasteiger partial charge in [-0.1, -0.05) is 73.5 Å². The number of nitrogens with one attached hydrogen (secondary N) is 1.